The summed E-state index contributed by atoms with van der Waals surface area (Å²) in [6.07, 6.45) is 1.89. The topological polar surface area (TPSA) is 45.2 Å². The summed E-state index contributed by atoms with van der Waals surface area (Å²) < 4.78 is 5.27. The molecular weight excluding hydrogens is 226 g/mol. The Morgan fingerprint density at radius 1 is 1.22 bits per heavy atom. The fraction of sp³-hybridized carbons (Fsp3) is 0.0667. The SMILES string of the molecule is COc1c[c]cc(O)c1-c1ccc2cc[nH]c2c1. The van der Waals surface area contributed by atoms with Crippen molar-refractivity contribution < 1.29 is 9.84 Å². The number of hydrogen-bond donors (Lipinski definition) is 2. The zero-order chi connectivity index (χ0) is 12.5. The van der Waals surface area contributed by atoms with Gasteiger partial charge in [0.25, 0.3) is 0 Å². The minimum atomic E-state index is 0.167. The van der Waals surface area contributed by atoms with E-state index in [0.717, 1.165) is 16.5 Å². The highest BCUT2D eigenvalue weighted by atomic mass is 16.5. The standard InChI is InChI=1S/C15H12NO2/c1-18-14-4-2-3-13(17)15(14)11-6-5-10-7-8-16-12(10)9-11/h3-9,16-17H,1H3. The number of hydrogen-bond acceptors (Lipinski definition) is 2. The number of phenols is 1. The monoisotopic (exact) mass is 238 g/mol. The Morgan fingerprint density at radius 3 is 2.94 bits per heavy atom. The van der Waals surface area contributed by atoms with Gasteiger partial charge >= 0.3 is 0 Å². The predicted octanol–water partition coefficient (Wildman–Crippen LogP) is 3.35. The lowest BCUT2D eigenvalue weighted by Gasteiger charge is -2.10. The second-order valence-corrected chi connectivity index (χ2v) is 4.06. The van der Waals surface area contributed by atoms with E-state index in [1.165, 1.54) is 6.07 Å². The molecule has 2 N–H and O–H groups in total. The van der Waals surface area contributed by atoms with Gasteiger partial charge in [0.15, 0.2) is 0 Å². The molecule has 3 nitrogen and oxygen atoms in total. The first-order valence-corrected chi connectivity index (χ1v) is 5.64. The third-order valence-electron chi connectivity index (χ3n) is 3.00. The minimum Gasteiger partial charge on any atom is -0.507 e. The first kappa shape index (κ1) is 10.7. The Labute approximate surface area is 105 Å². The maximum Gasteiger partial charge on any atom is 0.131 e. The third-order valence-corrected chi connectivity index (χ3v) is 3.00. The van der Waals surface area contributed by atoms with E-state index >= 15 is 0 Å². The predicted molar refractivity (Wildman–Crippen MR) is 70.8 cm³/mol. The molecule has 3 heteroatoms. The first-order chi connectivity index (χ1) is 8.79. The van der Waals surface area contributed by atoms with Gasteiger partial charge < -0.3 is 14.8 Å². The molecule has 89 valence electrons. The molecular formula is C15H12NO2. The lowest BCUT2D eigenvalue weighted by atomic mass is 10.0. The zero-order valence-corrected chi connectivity index (χ0v) is 9.90. The second kappa shape index (κ2) is 4.11. The molecule has 0 unspecified atom stereocenters. The lowest BCUT2D eigenvalue weighted by molar-refractivity contribution is 0.410. The fourth-order valence-corrected chi connectivity index (χ4v) is 2.12. The van der Waals surface area contributed by atoms with Crippen molar-refractivity contribution in [2.24, 2.45) is 0 Å². The molecule has 0 saturated heterocycles. The summed E-state index contributed by atoms with van der Waals surface area (Å²) in [5.74, 6) is 0.779. The first-order valence-electron chi connectivity index (χ1n) is 5.64. The van der Waals surface area contributed by atoms with Gasteiger partial charge in [0.2, 0.25) is 0 Å². The number of nitrogens with one attached hydrogen (secondary N) is 1. The maximum atomic E-state index is 9.98. The van der Waals surface area contributed by atoms with Crippen molar-refractivity contribution in [3.63, 3.8) is 0 Å². The Hall–Kier alpha value is -2.42. The fourth-order valence-electron chi connectivity index (χ4n) is 2.12. The van der Waals surface area contributed by atoms with Crippen molar-refractivity contribution in [3.05, 3.63) is 48.7 Å². The molecule has 0 bridgehead atoms. The number of phenolic OH excluding ortho intramolecular Hbond substituents is 1. The molecule has 0 amide bonds. The van der Waals surface area contributed by atoms with Gasteiger partial charge in [-0.05, 0) is 41.3 Å². The molecule has 0 saturated carbocycles. The van der Waals surface area contributed by atoms with Crippen molar-refractivity contribution >= 4 is 10.9 Å². The highest BCUT2D eigenvalue weighted by Crippen LogP contribution is 2.38. The second-order valence-electron chi connectivity index (χ2n) is 4.06. The van der Waals surface area contributed by atoms with Gasteiger partial charge in [0.1, 0.15) is 11.5 Å². The molecule has 1 aromatic heterocycles. The Kier molecular flexibility index (Phi) is 2.45. The molecule has 0 aliphatic carbocycles. The Morgan fingerprint density at radius 2 is 2.11 bits per heavy atom. The maximum absolute atomic E-state index is 9.98. The van der Waals surface area contributed by atoms with E-state index in [2.05, 4.69) is 11.1 Å². The third kappa shape index (κ3) is 1.61. The van der Waals surface area contributed by atoms with Crippen LogP contribution in [0.3, 0.4) is 0 Å². The van der Waals surface area contributed by atoms with E-state index in [1.807, 2.05) is 30.5 Å². The van der Waals surface area contributed by atoms with Crippen molar-refractivity contribution in [1.82, 2.24) is 4.98 Å². The number of aromatic nitrogens is 1. The lowest BCUT2D eigenvalue weighted by Crippen LogP contribution is -1.88. The van der Waals surface area contributed by atoms with Crippen LogP contribution in [0, 0.1) is 6.07 Å². The molecule has 3 aromatic rings. The molecule has 0 atom stereocenters. The van der Waals surface area contributed by atoms with Crippen molar-refractivity contribution in [2.75, 3.05) is 7.11 Å². The van der Waals surface area contributed by atoms with Crippen LogP contribution in [-0.4, -0.2) is 17.2 Å². The quantitative estimate of drug-likeness (QED) is 0.719. The van der Waals surface area contributed by atoms with Gasteiger partial charge in [-0.3, -0.25) is 0 Å². The summed E-state index contributed by atoms with van der Waals surface area (Å²) in [6.45, 7) is 0. The van der Waals surface area contributed by atoms with Crippen LogP contribution in [0.4, 0.5) is 0 Å². The molecule has 0 aliphatic heterocycles. The molecule has 1 radical (unpaired) electrons. The highest BCUT2D eigenvalue weighted by molar-refractivity contribution is 5.87. The largest absolute Gasteiger partial charge is 0.507 e. The number of benzene rings is 2. The summed E-state index contributed by atoms with van der Waals surface area (Å²) >= 11 is 0. The van der Waals surface area contributed by atoms with Crippen LogP contribution in [0.1, 0.15) is 0 Å². The summed E-state index contributed by atoms with van der Waals surface area (Å²) in [5, 5.41) is 11.1. The number of fused-ring (bicyclic) bond motifs is 1. The molecule has 1 heterocycles. The molecule has 3 rings (SSSR count). The van der Waals surface area contributed by atoms with Crippen LogP contribution in [0.15, 0.2) is 42.6 Å². The number of aromatic hydroxyl groups is 1. The van der Waals surface area contributed by atoms with Crippen LogP contribution < -0.4 is 4.74 Å². The van der Waals surface area contributed by atoms with E-state index in [9.17, 15) is 5.11 Å². The van der Waals surface area contributed by atoms with Gasteiger partial charge in [-0.2, -0.15) is 0 Å². The van der Waals surface area contributed by atoms with E-state index < -0.39 is 0 Å². The van der Waals surface area contributed by atoms with Gasteiger partial charge in [0.05, 0.1) is 12.7 Å². The Bertz CT molecular complexity index is 701. The zero-order valence-electron chi connectivity index (χ0n) is 9.90. The number of methoxy groups -OCH3 is 1. The van der Waals surface area contributed by atoms with Crippen LogP contribution in [-0.2, 0) is 0 Å². The normalized spacial score (nSPS) is 10.7. The molecule has 0 spiro atoms. The minimum absolute atomic E-state index is 0.167. The van der Waals surface area contributed by atoms with E-state index in [1.54, 1.807) is 13.2 Å². The summed E-state index contributed by atoms with van der Waals surface area (Å²) in [4.78, 5) is 3.16. The average Bonchev–Trinajstić information content (AvgIpc) is 2.85. The number of ether oxygens (including phenoxy) is 1. The van der Waals surface area contributed by atoms with Crippen molar-refractivity contribution in [1.29, 1.82) is 0 Å². The summed E-state index contributed by atoms with van der Waals surface area (Å²) in [7, 11) is 1.58. The van der Waals surface area contributed by atoms with Crippen LogP contribution in [0.5, 0.6) is 11.5 Å². The molecule has 18 heavy (non-hydrogen) atoms. The van der Waals surface area contributed by atoms with Crippen molar-refractivity contribution in [2.45, 2.75) is 0 Å². The van der Waals surface area contributed by atoms with E-state index in [4.69, 9.17) is 4.74 Å². The molecule has 2 aromatic carbocycles. The number of rotatable bonds is 2. The smallest absolute Gasteiger partial charge is 0.131 e. The van der Waals surface area contributed by atoms with Gasteiger partial charge in [-0.15, -0.1) is 0 Å². The van der Waals surface area contributed by atoms with Crippen molar-refractivity contribution in [3.8, 4) is 22.6 Å². The molecule has 0 aliphatic rings. The number of H-pyrrole nitrogens is 1. The average molecular weight is 238 g/mol. The van der Waals surface area contributed by atoms with Crippen LogP contribution in [0.25, 0.3) is 22.0 Å². The highest BCUT2D eigenvalue weighted by Gasteiger charge is 2.11. The summed E-state index contributed by atoms with van der Waals surface area (Å²) in [6, 6.07) is 14.1. The molecule has 0 fully saturated rings. The summed E-state index contributed by atoms with van der Waals surface area (Å²) in [5.41, 5.74) is 2.63. The van der Waals surface area contributed by atoms with E-state index in [-0.39, 0.29) is 5.75 Å². The van der Waals surface area contributed by atoms with Gasteiger partial charge in [-0.1, -0.05) is 12.1 Å². The van der Waals surface area contributed by atoms with Gasteiger partial charge in [0, 0.05) is 11.7 Å². The van der Waals surface area contributed by atoms with E-state index in [0.29, 0.717) is 11.3 Å². The van der Waals surface area contributed by atoms with Crippen LogP contribution in [0.2, 0.25) is 0 Å². The van der Waals surface area contributed by atoms with Crippen LogP contribution >= 0.6 is 0 Å². The Balaban J connectivity index is 2.24. The number of aromatic amines is 1. The van der Waals surface area contributed by atoms with Gasteiger partial charge in [-0.25, -0.2) is 0 Å².